The fraction of sp³-hybridized carbons (Fsp3) is 0.300. The molecule has 17 heteroatoms. The molecule has 0 saturated heterocycles. The van der Waals surface area contributed by atoms with Crippen LogP contribution in [-0.4, -0.2) is 68.4 Å². The molecule has 398 valence electrons. The van der Waals surface area contributed by atoms with E-state index in [4.69, 9.17) is 28.9 Å². The third-order valence-electron chi connectivity index (χ3n) is 14.5. The van der Waals surface area contributed by atoms with Crippen LogP contribution in [0.15, 0.2) is 175 Å². The van der Waals surface area contributed by atoms with E-state index >= 15 is 4.79 Å². The maximum Gasteiger partial charge on any atom is 0.416 e. The summed E-state index contributed by atoms with van der Waals surface area (Å²) in [6.07, 6.45) is 6.71. The van der Waals surface area contributed by atoms with E-state index in [-0.39, 0.29) is 68.4 Å². The number of nitro groups is 2. The van der Waals surface area contributed by atoms with Crippen LogP contribution >= 0.6 is 0 Å². The summed E-state index contributed by atoms with van der Waals surface area (Å²) >= 11 is 0. The Morgan fingerprint density at radius 2 is 1.40 bits per heavy atom. The molecule has 1 amide bonds. The number of non-ortho nitro benzene ring substituents is 2. The van der Waals surface area contributed by atoms with Gasteiger partial charge in [-0.2, -0.15) is 0 Å². The predicted molar refractivity (Wildman–Crippen MR) is 286 cm³/mol. The van der Waals surface area contributed by atoms with Gasteiger partial charge in [0, 0.05) is 61.9 Å². The molecule has 16 nitrogen and oxygen atoms in total. The fourth-order valence-electron chi connectivity index (χ4n) is 11.0. The quantitative estimate of drug-likeness (QED) is 0.0266. The number of unbranched alkanes of at least 4 members (excludes halogenated alkanes) is 2. The minimum absolute atomic E-state index is 0.00951. The lowest BCUT2D eigenvalue weighted by Gasteiger charge is -2.59. The molecule has 1 heterocycles. The van der Waals surface area contributed by atoms with Gasteiger partial charge in [-0.1, -0.05) is 84.7 Å². The number of allylic oxidation sites excluding steroid dienone is 1. The van der Waals surface area contributed by atoms with Gasteiger partial charge in [0.2, 0.25) is 5.79 Å². The molecule has 0 radical (unpaired) electrons. The summed E-state index contributed by atoms with van der Waals surface area (Å²) in [6, 6.07) is 39.1. The van der Waals surface area contributed by atoms with Crippen LogP contribution in [0.3, 0.4) is 0 Å². The molecule has 3 aliphatic rings. The van der Waals surface area contributed by atoms with Crippen LogP contribution in [-0.2, 0) is 22.7 Å². The second-order valence-corrected chi connectivity index (χ2v) is 19.3. The zero-order chi connectivity index (χ0) is 53.9. The number of oxime groups is 1. The fourth-order valence-corrected chi connectivity index (χ4v) is 11.0. The molecule has 1 fully saturated rings. The average molecular weight is 1050 g/mol. The highest BCUT2D eigenvalue weighted by atomic mass is 19.1. The molecule has 9 rings (SSSR count). The van der Waals surface area contributed by atoms with Gasteiger partial charge in [0.1, 0.15) is 41.5 Å². The Labute approximate surface area is 444 Å². The third-order valence-corrected chi connectivity index (χ3v) is 14.5. The van der Waals surface area contributed by atoms with E-state index in [1.807, 2.05) is 72.8 Å². The first-order valence-corrected chi connectivity index (χ1v) is 25.7. The Morgan fingerprint density at radius 1 is 0.779 bits per heavy atom. The van der Waals surface area contributed by atoms with Crippen molar-refractivity contribution in [1.82, 2.24) is 4.90 Å². The smallest absolute Gasteiger partial charge is 0.416 e. The molecular weight excluding hydrogens is 988 g/mol. The van der Waals surface area contributed by atoms with Crippen molar-refractivity contribution in [2.75, 3.05) is 19.8 Å². The summed E-state index contributed by atoms with van der Waals surface area (Å²) in [5.74, 6) is -2.01. The maximum absolute atomic E-state index is 15.2. The number of carbonyl (C=O) groups excluding carboxylic acids is 1. The largest absolute Gasteiger partial charge is 0.459 e. The minimum Gasteiger partial charge on any atom is -0.459 e. The summed E-state index contributed by atoms with van der Waals surface area (Å²) in [6.45, 7) is 3.76. The molecule has 2 N–H and O–H groups in total. The van der Waals surface area contributed by atoms with Gasteiger partial charge in [-0.05, 0) is 132 Å². The molecular formula is C60H59FN4O12. The summed E-state index contributed by atoms with van der Waals surface area (Å²) in [5, 5.41) is 48.2. The van der Waals surface area contributed by atoms with Gasteiger partial charge < -0.3 is 34.0 Å². The number of hydrogen-bond donors (Lipinski definition) is 2. The minimum atomic E-state index is -1.73. The number of hydrogen-bond acceptors (Lipinski definition) is 13. The first kappa shape index (κ1) is 53.6. The number of halogens is 1. The van der Waals surface area contributed by atoms with Crippen molar-refractivity contribution < 1.29 is 53.0 Å². The SMILES string of the molecule is C=CCOC12Oc3ccc(Oc4ccc(-c5ccccc5)cc4)cc3C3C(CCCCO)C(CCCCO)C=C(C(=NOCc4ccc([N+](=O)[O-])cc4)CC1N(Cc1ccc(F)cc1)C(=O)Oc1ccc([N+](=O)[O-])cc1)C32. The number of ether oxygens (including phenoxy) is 4. The van der Waals surface area contributed by atoms with Crippen LogP contribution < -0.4 is 14.2 Å². The Bertz CT molecular complexity index is 3080. The first-order valence-electron chi connectivity index (χ1n) is 25.7. The number of amides is 1. The van der Waals surface area contributed by atoms with E-state index < -0.39 is 45.4 Å². The van der Waals surface area contributed by atoms with Crippen LogP contribution in [0.2, 0.25) is 0 Å². The topological polar surface area (TPSA) is 206 Å². The molecule has 6 aromatic carbocycles. The van der Waals surface area contributed by atoms with Crippen molar-refractivity contribution in [2.24, 2.45) is 22.9 Å². The standard InChI is InChI=1S/C60H59FN4O12/c1-2-34-73-60-56(63(38-40-14-20-45(61)21-15-40)59(68)76-49-28-24-47(25-29-49)65(71)72)37-54(62-74-39-41-16-22-46(23-17-41)64(69)70)52-35-44(12-6-8-32-66)51(13-7-9-33-67)57(58(52)60)53-36-50(30-31-55(53)77-60)75-48-26-18-43(19-27-48)42-10-4-3-5-11-42/h2-5,10-11,14-31,35-36,44,51,56-58,66-67H,1,6-9,12-13,32-34,37-39H2. The second kappa shape index (κ2) is 24.6. The highest BCUT2D eigenvalue weighted by Crippen LogP contribution is 2.62. The van der Waals surface area contributed by atoms with E-state index in [1.165, 1.54) is 53.4 Å². The van der Waals surface area contributed by atoms with Crippen LogP contribution in [0, 0.1) is 43.8 Å². The molecule has 0 aromatic heterocycles. The van der Waals surface area contributed by atoms with Gasteiger partial charge in [0.25, 0.3) is 11.4 Å². The molecule has 77 heavy (non-hydrogen) atoms. The van der Waals surface area contributed by atoms with Gasteiger partial charge in [-0.3, -0.25) is 25.1 Å². The number of benzene rings is 6. The number of nitrogens with zero attached hydrogens (tertiary/aromatic N) is 4. The summed E-state index contributed by atoms with van der Waals surface area (Å²) < 4.78 is 41.8. The third kappa shape index (κ3) is 12.2. The van der Waals surface area contributed by atoms with Crippen molar-refractivity contribution in [2.45, 2.75) is 75.8 Å². The normalized spacial score (nSPS) is 20.6. The molecule has 6 aromatic rings. The van der Waals surface area contributed by atoms with Gasteiger partial charge >= 0.3 is 6.09 Å². The Hall–Kier alpha value is -8.25. The Balaban J connectivity index is 1.22. The highest BCUT2D eigenvalue weighted by molar-refractivity contribution is 6.03. The van der Waals surface area contributed by atoms with Crippen LogP contribution in [0.1, 0.15) is 67.6 Å². The number of nitro benzene ring substituents is 2. The van der Waals surface area contributed by atoms with Gasteiger partial charge in [0.05, 0.1) is 28.1 Å². The molecule has 6 unspecified atom stereocenters. The van der Waals surface area contributed by atoms with E-state index in [0.717, 1.165) is 22.3 Å². The maximum atomic E-state index is 15.2. The molecule has 1 saturated carbocycles. The van der Waals surface area contributed by atoms with Crippen molar-refractivity contribution in [3.8, 4) is 34.1 Å². The van der Waals surface area contributed by atoms with Crippen LogP contribution in [0.5, 0.6) is 23.0 Å². The van der Waals surface area contributed by atoms with Crippen molar-refractivity contribution >= 4 is 23.2 Å². The zero-order valence-corrected chi connectivity index (χ0v) is 42.2. The summed E-state index contributed by atoms with van der Waals surface area (Å²) in [7, 11) is 0. The van der Waals surface area contributed by atoms with Gasteiger partial charge in [0.15, 0.2) is 0 Å². The predicted octanol–water partition coefficient (Wildman–Crippen LogP) is 12.6. The van der Waals surface area contributed by atoms with E-state index in [9.17, 15) is 34.8 Å². The summed E-state index contributed by atoms with van der Waals surface area (Å²) in [4.78, 5) is 44.9. The Morgan fingerprint density at radius 3 is 2.06 bits per heavy atom. The summed E-state index contributed by atoms with van der Waals surface area (Å²) in [5.41, 5.74) is 4.94. The van der Waals surface area contributed by atoms with E-state index in [0.29, 0.717) is 72.6 Å². The molecule has 1 aliphatic heterocycles. The van der Waals surface area contributed by atoms with Crippen molar-refractivity contribution in [3.05, 3.63) is 213 Å². The Kier molecular flexibility index (Phi) is 17.1. The van der Waals surface area contributed by atoms with E-state index in [2.05, 4.69) is 12.7 Å². The average Bonchev–Trinajstić information content (AvgIpc) is 3.45. The monoisotopic (exact) mass is 1050 g/mol. The van der Waals surface area contributed by atoms with Gasteiger partial charge in [-0.15, -0.1) is 6.58 Å². The van der Waals surface area contributed by atoms with Crippen LogP contribution in [0.4, 0.5) is 20.6 Å². The van der Waals surface area contributed by atoms with Crippen LogP contribution in [0.25, 0.3) is 11.1 Å². The molecule has 0 bridgehead atoms. The number of fused-ring (bicyclic) bond motifs is 2. The number of rotatable bonds is 23. The molecule has 0 spiro atoms. The molecule has 6 atom stereocenters. The number of carbonyl (C=O) groups is 1. The molecule has 2 aliphatic carbocycles. The lowest BCUT2D eigenvalue weighted by molar-refractivity contribution is -0.385. The van der Waals surface area contributed by atoms with E-state index in [1.54, 1.807) is 30.3 Å². The van der Waals surface area contributed by atoms with Gasteiger partial charge in [-0.25, -0.2) is 9.18 Å². The second-order valence-electron chi connectivity index (χ2n) is 19.3. The highest BCUT2D eigenvalue weighted by Gasteiger charge is 2.66. The number of aliphatic hydroxyl groups excluding tert-OH is 2. The number of aliphatic hydroxyl groups is 2. The zero-order valence-electron chi connectivity index (χ0n) is 42.2. The first-order chi connectivity index (χ1) is 37.5. The lowest BCUT2D eigenvalue weighted by atomic mass is 9.55. The van der Waals surface area contributed by atoms with Crippen molar-refractivity contribution in [3.63, 3.8) is 0 Å². The lowest BCUT2D eigenvalue weighted by Crippen LogP contribution is -2.70. The van der Waals surface area contributed by atoms with Crippen molar-refractivity contribution in [1.29, 1.82) is 0 Å².